The van der Waals surface area contributed by atoms with Crippen LogP contribution in [0.15, 0.2) is 30.3 Å². The van der Waals surface area contributed by atoms with E-state index in [4.69, 9.17) is 22.3 Å². The molecule has 4 atom stereocenters. The maximum Gasteiger partial charge on any atom is 0.325 e. The van der Waals surface area contributed by atoms with Gasteiger partial charge in [-0.3, -0.25) is 28.8 Å². The van der Waals surface area contributed by atoms with E-state index < -0.39 is 59.7 Å². The number of amides is 5. The summed E-state index contributed by atoms with van der Waals surface area (Å²) in [5.74, 6) is -4.96. The highest BCUT2D eigenvalue weighted by molar-refractivity contribution is 5.94. The Bertz CT molecular complexity index is 924. The Morgan fingerprint density at radius 2 is 1.31 bits per heavy atom. The lowest BCUT2D eigenvalue weighted by molar-refractivity contribution is -0.141. The van der Waals surface area contributed by atoms with E-state index in [0.29, 0.717) is 5.56 Å². The van der Waals surface area contributed by atoms with Crippen LogP contribution in [0.2, 0.25) is 0 Å². The second kappa shape index (κ2) is 14.3. The number of nitrogens with two attached hydrogens (primary N) is 3. The number of carboxylic acid groups (broad SMARTS) is 1. The molecule has 13 heteroatoms. The molecule has 1 rings (SSSR count). The van der Waals surface area contributed by atoms with Crippen molar-refractivity contribution in [2.75, 3.05) is 0 Å². The first kappa shape index (κ1) is 29.0. The predicted molar refractivity (Wildman–Crippen MR) is 124 cm³/mol. The first-order valence-electron chi connectivity index (χ1n) is 10.9. The van der Waals surface area contributed by atoms with Gasteiger partial charge in [0.1, 0.15) is 18.1 Å². The first-order valence-corrected chi connectivity index (χ1v) is 10.9. The normalized spacial score (nSPS) is 14.0. The highest BCUT2D eigenvalue weighted by atomic mass is 16.4. The molecule has 35 heavy (non-hydrogen) atoms. The van der Waals surface area contributed by atoms with Crippen molar-refractivity contribution >= 4 is 35.5 Å². The van der Waals surface area contributed by atoms with E-state index in [1.807, 2.05) is 0 Å². The standard InChI is InChI=1S/C22H32N6O7/c1-12(22(34)35)26-21(33)16(11-13-5-3-2-4-6-13)28-20(32)15(8-10-18(25)30)27-19(31)14(23)7-9-17(24)29/h2-6,12,14-16H,7-11,23H2,1H3,(H2,24,29)(H2,25,30)(H,26,33)(H,27,31)(H,28,32)(H,34,35). The smallest absolute Gasteiger partial charge is 0.325 e. The molecule has 0 radical (unpaired) electrons. The van der Waals surface area contributed by atoms with Gasteiger partial charge in [-0.1, -0.05) is 30.3 Å². The lowest BCUT2D eigenvalue weighted by Gasteiger charge is -2.24. The van der Waals surface area contributed by atoms with Crippen LogP contribution in [0.25, 0.3) is 0 Å². The van der Waals surface area contributed by atoms with Gasteiger partial charge < -0.3 is 38.3 Å². The number of hydrogen-bond donors (Lipinski definition) is 7. The summed E-state index contributed by atoms with van der Waals surface area (Å²) in [5.41, 5.74) is 16.6. The van der Waals surface area contributed by atoms with E-state index in [9.17, 15) is 28.8 Å². The molecule has 0 aliphatic rings. The highest BCUT2D eigenvalue weighted by Gasteiger charge is 2.29. The summed E-state index contributed by atoms with van der Waals surface area (Å²) < 4.78 is 0. The Morgan fingerprint density at radius 3 is 1.86 bits per heavy atom. The molecule has 1 aromatic carbocycles. The van der Waals surface area contributed by atoms with Crippen molar-refractivity contribution in [3.05, 3.63) is 35.9 Å². The van der Waals surface area contributed by atoms with E-state index in [1.165, 1.54) is 6.92 Å². The lowest BCUT2D eigenvalue weighted by Crippen LogP contribution is -2.57. The van der Waals surface area contributed by atoms with Crippen LogP contribution in [-0.4, -0.2) is 64.8 Å². The summed E-state index contributed by atoms with van der Waals surface area (Å²) in [4.78, 5) is 71.5. The topological polar surface area (TPSA) is 237 Å². The van der Waals surface area contributed by atoms with Crippen molar-refractivity contribution < 1.29 is 33.9 Å². The molecule has 1 aromatic rings. The Morgan fingerprint density at radius 1 is 0.800 bits per heavy atom. The fourth-order valence-corrected chi connectivity index (χ4v) is 2.97. The second-order valence-corrected chi connectivity index (χ2v) is 8.00. The number of nitrogens with one attached hydrogen (secondary N) is 3. The van der Waals surface area contributed by atoms with Crippen molar-refractivity contribution in [3.63, 3.8) is 0 Å². The zero-order valence-corrected chi connectivity index (χ0v) is 19.4. The summed E-state index contributed by atoms with van der Waals surface area (Å²) in [6.07, 6.45) is -0.605. The van der Waals surface area contributed by atoms with Gasteiger partial charge in [0.25, 0.3) is 0 Å². The molecule has 13 nitrogen and oxygen atoms in total. The van der Waals surface area contributed by atoms with E-state index in [0.717, 1.165) is 0 Å². The van der Waals surface area contributed by atoms with Gasteiger partial charge in [-0.2, -0.15) is 0 Å². The van der Waals surface area contributed by atoms with Gasteiger partial charge in [-0.25, -0.2) is 0 Å². The van der Waals surface area contributed by atoms with Gasteiger partial charge in [0.2, 0.25) is 29.5 Å². The highest BCUT2D eigenvalue weighted by Crippen LogP contribution is 2.07. The number of carbonyl (C=O) groups is 6. The Labute approximate surface area is 202 Å². The number of benzene rings is 1. The van der Waals surface area contributed by atoms with E-state index in [1.54, 1.807) is 30.3 Å². The summed E-state index contributed by atoms with van der Waals surface area (Å²) in [5, 5.41) is 16.3. The van der Waals surface area contributed by atoms with Gasteiger partial charge in [0, 0.05) is 19.3 Å². The zero-order chi connectivity index (χ0) is 26.5. The fourth-order valence-electron chi connectivity index (χ4n) is 2.97. The molecule has 0 fully saturated rings. The third-order valence-electron chi connectivity index (χ3n) is 5.00. The summed E-state index contributed by atoms with van der Waals surface area (Å²) in [7, 11) is 0. The second-order valence-electron chi connectivity index (χ2n) is 8.00. The molecule has 10 N–H and O–H groups in total. The van der Waals surface area contributed by atoms with E-state index in [2.05, 4.69) is 16.0 Å². The number of hydrogen-bond acceptors (Lipinski definition) is 7. The van der Waals surface area contributed by atoms with Crippen LogP contribution < -0.4 is 33.2 Å². The molecule has 0 aromatic heterocycles. The van der Waals surface area contributed by atoms with Gasteiger partial charge in [0.15, 0.2) is 0 Å². The quantitative estimate of drug-likeness (QED) is 0.139. The van der Waals surface area contributed by atoms with Crippen LogP contribution in [-0.2, 0) is 35.2 Å². The number of primary amides is 2. The Kier molecular flexibility index (Phi) is 11.9. The SMILES string of the molecule is CC(NC(=O)C(Cc1ccccc1)NC(=O)C(CCC(N)=O)NC(=O)C(N)CCC(N)=O)C(=O)O. The van der Waals surface area contributed by atoms with Crippen molar-refractivity contribution in [3.8, 4) is 0 Å². The monoisotopic (exact) mass is 492 g/mol. The van der Waals surface area contributed by atoms with E-state index >= 15 is 0 Å². The largest absolute Gasteiger partial charge is 0.480 e. The third kappa shape index (κ3) is 11.1. The van der Waals surface area contributed by atoms with Gasteiger partial charge in [0.05, 0.1) is 6.04 Å². The van der Waals surface area contributed by atoms with E-state index in [-0.39, 0.29) is 32.1 Å². The molecular weight excluding hydrogens is 460 g/mol. The molecule has 0 heterocycles. The predicted octanol–water partition coefficient (Wildman–Crippen LogP) is -2.35. The average Bonchev–Trinajstić information content (AvgIpc) is 2.79. The minimum Gasteiger partial charge on any atom is -0.480 e. The molecule has 0 bridgehead atoms. The first-order chi connectivity index (χ1) is 16.4. The fraction of sp³-hybridized carbons (Fsp3) is 0.455. The number of carboxylic acids is 1. The molecule has 0 saturated carbocycles. The summed E-state index contributed by atoms with van der Waals surface area (Å²) >= 11 is 0. The zero-order valence-electron chi connectivity index (χ0n) is 19.4. The number of carbonyl (C=O) groups excluding carboxylic acids is 5. The van der Waals surface area contributed by atoms with Crippen LogP contribution in [0.5, 0.6) is 0 Å². The minimum atomic E-state index is -1.28. The van der Waals surface area contributed by atoms with Crippen molar-refractivity contribution in [2.45, 2.75) is 63.2 Å². The lowest BCUT2D eigenvalue weighted by atomic mass is 10.0. The molecule has 5 amide bonds. The molecule has 4 unspecified atom stereocenters. The summed E-state index contributed by atoms with van der Waals surface area (Å²) in [6, 6.07) is 3.83. The van der Waals surface area contributed by atoms with Crippen molar-refractivity contribution in [1.29, 1.82) is 0 Å². The molecular formula is C22H32N6O7. The molecule has 0 saturated heterocycles. The number of rotatable bonds is 15. The minimum absolute atomic E-state index is 0.0271. The average molecular weight is 493 g/mol. The van der Waals surface area contributed by atoms with Gasteiger partial charge in [-0.15, -0.1) is 0 Å². The van der Waals surface area contributed by atoms with Crippen molar-refractivity contribution in [2.24, 2.45) is 17.2 Å². The van der Waals surface area contributed by atoms with Crippen LogP contribution >= 0.6 is 0 Å². The Hall–Kier alpha value is -4.00. The van der Waals surface area contributed by atoms with Crippen molar-refractivity contribution in [1.82, 2.24) is 16.0 Å². The molecule has 0 aliphatic carbocycles. The van der Waals surface area contributed by atoms with Crippen LogP contribution in [0.3, 0.4) is 0 Å². The third-order valence-corrected chi connectivity index (χ3v) is 5.00. The summed E-state index contributed by atoms with van der Waals surface area (Å²) in [6.45, 7) is 1.27. The molecule has 0 aliphatic heterocycles. The maximum atomic E-state index is 13.0. The molecule has 192 valence electrons. The van der Waals surface area contributed by atoms with Gasteiger partial charge >= 0.3 is 5.97 Å². The number of aliphatic carboxylic acids is 1. The Balaban J connectivity index is 3.04. The molecule has 0 spiro atoms. The van der Waals surface area contributed by atoms with Gasteiger partial charge in [-0.05, 0) is 25.3 Å². The maximum absolute atomic E-state index is 13.0. The van der Waals surface area contributed by atoms with Crippen LogP contribution in [0.4, 0.5) is 0 Å². The van der Waals surface area contributed by atoms with Crippen LogP contribution in [0.1, 0.15) is 38.2 Å². The van der Waals surface area contributed by atoms with Crippen LogP contribution in [0, 0.1) is 0 Å².